The van der Waals surface area contributed by atoms with E-state index in [2.05, 4.69) is 20.9 Å². The van der Waals surface area contributed by atoms with Gasteiger partial charge in [-0.3, -0.25) is 15.4 Å². The maximum atomic E-state index is 14.7. The van der Waals surface area contributed by atoms with E-state index in [1.165, 1.54) is 29.3 Å². The number of amides is 4. The van der Waals surface area contributed by atoms with Crippen LogP contribution in [0.3, 0.4) is 0 Å². The zero-order valence-electron chi connectivity index (χ0n) is 18.2. The summed E-state index contributed by atoms with van der Waals surface area (Å²) in [5.74, 6) is -1.21. The van der Waals surface area contributed by atoms with Crippen molar-refractivity contribution in [3.63, 3.8) is 0 Å². The largest absolute Gasteiger partial charge is 0.454 e. The van der Waals surface area contributed by atoms with Crippen molar-refractivity contribution in [2.24, 2.45) is 0 Å². The molecule has 13 heteroatoms. The summed E-state index contributed by atoms with van der Waals surface area (Å²) in [7, 11) is 0. The van der Waals surface area contributed by atoms with Crippen molar-refractivity contribution < 1.29 is 28.0 Å². The molecule has 180 valence electrons. The van der Waals surface area contributed by atoms with Gasteiger partial charge < -0.3 is 20.3 Å². The molecule has 0 saturated carbocycles. The molecule has 0 bridgehead atoms. The molecular formula is C22H18F2N6O5. The zero-order chi connectivity index (χ0) is 25.1. The maximum absolute atomic E-state index is 14.7. The van der Waals surface area contributed by atoms with Gasteiger partial charge in [-0.2, -0.15) is 0 Å². The Balaban J connectivity index is 1.47. The van der Waals surface area contributed by atoms with Crippen molar-refractivity contribution in [1.82, 2.24) is 9.88 Å². The standard InChI is InChI=1S/C22H18F2N6O5/c1-2-29-11-14-18(7-8-25-20(14)28-22(29)32)35-19-6-3-12(9-16(19)24)26-21(31)27-17-10-13(30(33)34)4-5-15(17)23/h3-10H,2,11H2,1H3,(H,25,28,32)(H2,26,27,31). The predicted octanol–water partition coefficient (Wildman–Crippen LogP) is 5.07. The average molecular weight is 484 g/mol. The number of non-ortho nitro benzene ring substituents is 1. The second-order valence-corrected chi connectivity index (χ2v) is 7.33. The number of anilines is 3. The van der Waals surface area contributed by atoms with Crippen LogP contribution in [-0.4, -0.2) is 33.4 Å². The SMILES string of the molecule is CCN1Cc2c(Oc3ccc(NC(=O)Nc4cc([N+](=O)[O-])ccc4F)cc3F)ccnc2NC1=O. The summed E-state index contributed by atoms with van der Waals surface area (Å²) < 4.78 is 34.3. The van der Waals surface area contributed by atoms with Crippen LogP contribution in [-0.2, 0) is 6.54 Å². The first-order valence-corrected chi connectivity index (χ1v) is 10.3. The number of nitro groups is 1. The number of carbonyl (C=O) groups is 2. The van der Waals surface area contributed by atoms with Gasteiger partial charge in [0.05, 0.1) is 22.7 Å². The number of benzene rings is 2. The first-order valence-electron chi connectivity index (χ1n) is 10.3. The fourth-order valence-corrected chi connectivity index (χ4v) is 3.32. The van der Waals surface area contributed by atoms with E-state index in [0.29, 0.717) is 23.7 Å². The minimum atomic E-state index is -0.934. The molecule has 1 aliphatic heterocycles. The smallest absolute Gasteiger partial charge is 0.323 e. The second-order valence-electron chi connectivity index (χ2n) is 7.33. The number of hydrogen-bond acceptors (Lipinski definition) is 6. The summed E-state index contributed by atoms with van der Waals surface area (Å²) in [5, 5.41) is 18.0. The first kappa shape index (κ1) is 23.4. The molecule has 0 atom stereocenters. The average Bonchev–Trinajstić information content (AvgIpc) is 2.81. The van der Waals surface area contributed by atoms with Gasteiger partial charge in [0.1, 0.15) is 17.4 Å². The van der Waals surface area contributed by atoms with Gasteiger partial charge in [0.15, 0.2) is 11.6 Å². The number of halogens is 2. The van der Waals surface area contributed by atoms with Crippen LogP contribution in [0.4, 0.5) is 41.2 Å². The molecular weight excluding hydrogens is 466 g/mol. The number of fused-ring (bicyclic) bond motifs is 1. The van der Waals surface area contributed by atoms with Gasteiger partial charge in [0.2, 0.25) is 0 Å². The molecule has 3 aromatic rings. The van der Waals surface area contributed by atoms with E-state index < -0.39 is 34.0 Å². The van der Waals surface area contributed by atoms with Crippen LogP contribution in [0.25, 0.3) is 0 Å². The number of nitro benzene ring substituents is 1. The van der Waals surface area contributed by atoms with Gasteiger partial charge in [0.25, 0.3) is 5.69 Å². The lowest BCUT2D eigenvalue weighted by Crippen LogP contribution is -2.38. The van der Waals surface area contributed by atoms with Crippen molar-refractivity contribution in [3.8, 4) is 11.5 Å². The van der Waals surface area contributed by atoms with Crippen LogP contribution in [0.15, 0.2) is 48.7 Å². The van der Waals surface area contributed by atoms with Gasteiger partial charge in [-0.05, 0) is 31.2 Å². The molecule has 11 nitrogen and oxygen atoms in total. The summed E-state index contributed by atoms with van der Waals surface area (Å²) in [6.45, 7) is 2.50. The quantitative estimate of drug-likeness (QED) is 0.330. The second kappa shape index (κ2) is 9.59. The number of carbonyl (C=O) groups excluding carboxylic acids is 2. The molecule has 1 aromatic heterocycles. The molecule has 0 unspecified atom stereocenters. The Morgan fingerprint density at radius 2 is 1.97 bits per heavy atom. The monoisotopic (exact) mass is 484 g/mol. The Labute approximate surface area is 196 Å². The summed E-state index contributed by atoms with van der Waals surface area (Å²) in [6, 6.07) is 6.61. The minimum absolute atomic E-state index is 0.0272. The highest BCUT2D eigenvalue weighted by Gasteiger charge is 2.25. The molecule has 2 heterocycles. The summed E-state index contributed by atoms with van der Waals surface area (Å²) in [6.07, 6.45) is 1.42. The van der Waals surface area contributed by atoms with E-state index in [1.54, 1.807) is 0 Å². The topological polar surface area (TPSA) is 139 Å². The minimum Gasteiger partial charge on any atom is -0.454 e. The molecule has 0 radical (unpaired) electrons. The number of pyridine rings is 1. The molecule has 2 aromatic carbocycles. The summed E-state index contributed by atoms with van der Waals surface area (Å²) >= 11 is 0. The lowest BCUT2D eigenvalue weighted by molar-refractivity contribution is -0.384. The Hall–Kier alpha value is -4.81. The molecule has 4 rings (SSSR count). The van der Waals surface area contributed by atoms with Gasteiger partial charge in [-0.25, -0.2) is 23.4 Å². The van der Waals surface area contributed by atoms with Crippen LogP contribution in [0.1, 0.15) is 12.5 Å². The Morgan fingerprint density at radius 3 is 2.69 bits per heavy atom. The highest BCUT2D eigenvalue weighted by molar-refractivity contribution is 6.00. The molecule has 4 amide bonds. The summed E-state index contributed by atoms with van der Waals surface area (Å²) in [5.41, 5.74) is -0.213. The molecule has 0 spiro atoms. The first-order chi connectivity index (χ1) is 16.7. The Bertz CT molecular complexity index is 1340. The van der Waals surface area contributed by atoms with E-state index in [9.17, 15) is 28.5 Å². The van der Waals surface area contributed by atoms with E-state index in [1.807, 2.05) is 6.92 Å². The van der Waals surface area contributed by atoms with E-state index in [4.69, 9.17) is 4.74 Å². The number of rotatable bonds is 6. The molecule has 0 aliphatic carbocycles. The Morgan fingerprint density at radius 1 is 1.17 bits per heavy atom. The molecule has 3 N–H and O–H groups in total. The fraction of sp³-hybridized carbons (Fsp3) is 0.136. The lowest BCUT2D eigenvalue weighted by Gasteiger charge is -2.28. The van der Waals surface area contributed by atoms with Crippen molar-refractivity contribution >= 4 is 34.9 Å². The molecule has 35 heavy (non-hydrogen) atoms. The molecule has 0 saturated heterocycles. The third-order valence-corrected chi connectivity index (χ3v) is 5.07. The predicted molar refractivity (Wildman–Crippen MR) is 122 cm³/mol. The molecule has 0 fully saturated rings. The third kappa shape index (κ3) is 5.08. The van der Waals surface area contributed by atoms with Crippen molar-refractivity contribution in [3.05, 3.63) is 76.0 Å². The van der Waals surface area contributed by atoms with Crippen molar-refractivity contribution in [2.45, 2.75) is 13.5 Å². The van der Waals surface area contributed by atoms with Crippen LogP contribution < -0.4 is 20.7 Å². The summed E-state index contributed by atoms with van der Waals surface area (Å²) in [4.78, 5) is 39.9. The maximum Gasteiger partial charge on any atom is 0.323 e. The zero-order valence-corrected chi connectivity index (χ0v) is 18.2. The van der Waals surface area contributed by atoms with Crippen molar-refractivity contribution in [2.75, 3.05) is 22.5 Å². The van der Waals surface area contributed by atoms with E-state index in [0.717, 1.165) is 24.3 Å². The van der Waals surface area contributed by atoms with Crippen LogP contribution in [0, 0.1) is 21.7 Å². The Kier molecular flexibility index (Phi) is 6.40. The third-order valence-electron chi connectivity index (χ3n) is 5.07. The van der Waals surface area contributed by atoms with E-state index in [-0.39, 0.29) is 24.0 Å². The van der Waals surface area contributed by atoms with Gasteiger partial charge in [0, 0.05) is 36.6 Å². The fourth-order valence-electron chi connectivity index (χ4n) is 3.32. The highest BCUT2D eigenvalue weighted by Crippen LogP contribution is 2.34. The van der Waals surface area contributed by atoms with Crippen LogP contribution in [0.2, 0.25) is 0 Å². The van der Waals surface area contributed by atoms with Crippen LogP contribution >= 0.6 is 0 Å². The van der Waals surface area contributed by atoms with Gasteiger partial charge >= 0.3 is 12.1 Å². The van der Waals surface area contributed by atoms with Crippen LogP contribution in [0.5, 0.6) is 11.5 Å². The van der Waals surface area contributed by atoms with Gasteiger partial charge in [-0.15, -0.1) is 0 Å². The number of aromatic nitrogens is 1. The van der Waals surface area contributed by atoms with Gasteiger partial charge in [-0.1, -0.05) is 0 Å². The number of nitrogens with zero attached hydrogens (tertiary/aromatic N) is 3. The lowest BCUT2D eigenvalue weighted by atomic mass is 10.2. The highest BCUT2D eigenvalue weighted by atomic mass is 19.1. The number of hydrogen-bond donors (Lipinski definition) is 3. The number of urea groups is 2. The number of nitrogens with one attached hydrogen (secondary N) is 3. The number of ether oxygens (including phenoxy) is 1. The normalized spacial score (nSPS) is 12.4. The van der Waals surface area contributed by atoms with E-state index >= 15 is 0 Å². The molecule has 1 aliphatic rings. The van der Waals surface area contributed by atoms with Crippen molar-refractivity contribution in [1.29, 1.82) is 0 Å².